The molecule has 0 amide bonds. The summed E-state index contributed by atoms with van der Waals surface area (Å²) < 4.78 is 18.9. The molecule has 2 nitrogen and oxygen atoms in total. The van der Waals surface area contributed by atoms with Crippen LogP contribution >= 0.6 is 0 Å². The number of halogens is 1. The summed E-state index contributed by atoms with van der Waals surface area (Å²) in [5.41, 5.74) is 0.695. The van der Waals surface area contributed by atoms with E-state index in [0.29, 0.717) is 13.2 Å². The van der Waals surface area contributed by atoms with Gasteiger partial charge in [0.15, 0.2) is 0 Å². The van der Waals surface area contributed by atoms with Crippen LogP contribution < -0.4 is 5.32 Å². The molecule has 1 aliphatic heterocycles. The average molecular weight is 209 g/mol. The minimum Gasteiger partial charge on any atom is -0.379 e. The van der Waals surface area contributed by atoms with E-state index < -0.39 is 0 Å². The predicted octanol–water partition coefficient (Wildman–Crippen LogP) is 1.70. The lowest BCUT2D eigenvalue weighted by Gasteiger charge is -2.42. The van der Waals surface area contributed by atoms with Crippen LogP contribution in [0.1, 0.15) is 12.0 Å². The summed E-state index contributed by atoms with van der Waals surface area (Å²) in [6.45, 7) is 2.16. The van der Waals surface area contributed by atoms with Gasteiger partial charge in [0.1, 0.15) is 5.82 Å². The second-order valence-corrected chi connectivity index (χ2v) is 4.11. The molecule has 1 aromatic rings. The van der Waals surface area contributed by atoms with Gasteiger partial charge in [-0.1, -0.05) is 18.2 Å². The Balaban J connectivity index is 2.22. The maximum absolute atomic E-state index is 13.7. The first-order valence-corrected chi connectivity index (χ1v) is 5.26. The van der Waals surface area contributed by atoms with E-state index in [1.807, 2.05) is 19.2 Å². The van der Waals surface area contributed by atoms with Crippen molar-refractivity contribution in [2.45, 2.75) is 11.8 Å². The third kappa shape index (κ3) is 1.90. The van der Waals surface area contributed by atoms with Crippen molar-refractivity contribution >= 4 is 0 Å². The molecule has 0 radical (unpaired) electrons. The molecule has 0 unspecified atom stereocenters. The molecule has 82 valence electrons. The van der Waals surface area contributed by atoms with Crippen molar-refractivity contribution in [2.75, 3.05) is 26.8 Å². The smallest absolute Gasteiger partial charge is 0.127 e. The molecule has 0 bridgehead atoms. The summed E-state index contributed by atoms with van der Waals surface area (Å²) in [5.74, 6) is -0.114. The van der Waals surface area contributed by atoms with E-state index in [-0.39, 0.29) is 11.2 Å². The third-order valence-electron chi connectivity index (χ3n) is 3.06. The van der Waals surface area contributed by atoms with E-state index >= 15 is 0 Å². The van der Waals surface area contributed by atoms with Crippen molar-refractivity contribution in [2.24, 2.45) is 0 Å². The maximum atomic E-state index is 13.7. The number of hydrogen-bond donors (Lipinski definition) is 1. The Morgan fingerprint density at radius 3 is 2.67 bits per heavy atom. The molecule has 1 N–H and O–H groups in total. The molecule has 0 saturated carbocycles. The van der Waals surface area contributed by atoms with Gasteiger partial charge < -0.3 is 10.1 Å². The van der Waals surface area contributed by atoms with Crippen molar-refractivity contribution in [3.05, 3.63) is 35.6 Å². The molecule has 0 atom stereocenters. The molecule has 0 aromatic heterocycles. The number of ether oxygens (including phenoxy) is 1. The number of rotatable bonds is 4. The maximum Gasteiger partial charge on any atom is 0.127 e. The topological polar surface area (TPSA) is 21.3 Å². The van der Waals surface area contributed by atoms with Crippen LogP contribution in [-0.2, 0) is 10.2 Å². The van der Waals surface area contributed by atoms with Crippen molar-refractivity contribution in [3.63, 3.8) is 0 Å². The lowest BCUT2D eigenvalue weighted by Crippen LogP contribution is -2.48. The van der Waals surface area contributed by atoms with Gasteiger partial charge in [0.2, 0.25) is 0 Å². The van der Waals surface area contributed by atoms with Gasteiger partial charge in [0, 0.05) is 5.41 Å². The SMILES string of the molecule is CNCCC1(c2ccccc2F)COC1. The van der Waals surface area contributed by atoms with Gasteiger partial charge in [-0.25, -0.2) is 4.39 Å². The Kier molecular flexibility index (Phi) is 3.03. The number of hydrogen-bond acceptors (Lipinski definition) is 2. The molecule has 1 fully saturated rings. The average Bonchev–Trinajstić information content (AvgIpc) is 2.19. The van der Waals surface area contributed by atoms with Crippen LogP contribution in [-0.4, -0.2) is 26.8 Å². The first-order valence-electron chi connectivity index (χ1n) is 5.26. The lowest BCUT2D eigenvalue weighted by atomic mass is 9.75. The Hall–Kier alpha value is -0.930. The zero-order valence-corrected chi connectivity index (χ0v) is 8.92. The molecule has 0 aliphatic carbocycles. The highest BCUT2D eigenvalue weighted by Gasteiger charge is 2.41. The normalized spacial score (nSPS) is 18.5. The van der Waals surface area contributed by atoms with Crippen LogP contribution in [0.2, 0.25) is 0 Å². The fourth-order valence-electron chi connectivity index (χ4n) is 2.04. The minimum absolute atomic E-state index is 0.103. The fraction of sp³-hybridized carbons (Fsp3) is 0.500. The quantitative estimate of drug-likeness (QED) is 0.815. The second kappa shape index (κ2) is 4.29. The van der Waals surface area contributed by atoms with Crippen LogP contribution in [0.3, 0.4) is 0 Å². The lowest BCUT2D eigenvalue weighted by molar-refractivity contribution is -0.0653. The highest BCUT2D eigenvalue weighted by molar-refractivity contribution is 5.29. The van der Waals surface area contributed by atoms with E-state index in [4.69, 9.17) is 4.74 Å². The molecule has 1 heterocycles. The minimum atomic E-state index is -0.114. The summed E-state index contributed by atoms with van der Waals surface area (Å²) in [5, 5.41) is 3.10. The Labute approximate surface area is 89.4 Å². The molecule has 1 aliphatic rings. The molecule has 3 heteroatoms. The van der Waals surface area contributed by atoms with Gasteiger partial charge in [0.05, 0.1) is 13.2 Å². The molecule has 0 spiro atoms. The Bertz CT molecular complexity index is 336. The summed E-state index contributed by atoms with van der Waals surface area (Å²) in [7, 11) is 1.91. The van der Waals surface area contributed by atoms with Crippen molar-refractivity contribution in [1.29, 1.82) is 0 Å². The van der Waals surface area contributed by atoms with E-state index in [9.17, 15) is 4.39 Å². The van der Waals surface area contributed by atoms with E-state index in [1.165, 1.54) is 6.07 Å². The van der Waals surface area contributed by atoms with Crippen molar-refractivity contribution in [3.8, 4) is 0 Å². The molecular weight excluding hydrogens is 193 g/mol. The Morgan fingerprint density at radius 1 is 1.40 bits per heavy atom. The van der Waals surface area contributed by atoms with Crippen LogP contribution in [0.25, 0.3) is 0 Å². The highest BCUT2D eigenvalue weighted by Crippen LogP contribution is 2.36. The summed E-state index contributed by atoms with van der Waals surface area (Å²) in [6.07, 6.45) is 0.921. The largest absolute Gasteiger partial charge is 0.379 e. The molecule has 1 aromatic carbocycles. The second-order valence-electron chi connectivity index (χ2n) is 4.11. The summed E-state index contributed by atoms with van der Waals surface area (Å²) in [6, 6.07) is 7.00. The number of benzene rings is 1. The molecule has 15 heavy (non-hydrogen) atoms. The van der Waals surface area contributed by atoms with Crippen LogP contribution in [0, 0.1) is 5.82 Å². The summed E-state index contributed by atoms with van der Waals surface area (Å²) in [4.78, 5) is 0. The summed E-state index contributed by atoms with van der Waals surface area (Å²) >= 11 is 0. The van der Waals surface area contributed by atoms with E-state index in [2.05, 4.69) is 5.32 Å². The standard InChI is InChI=1S/C12H16FNO/c1-14-7-6-12(8-15-9-12)10-4-2-3-5-11(10)13/h2-5,14H,6-9H2,1H3. The van der Waals surface area contributed by atoms with E-state index in [1.54, 1.807) is 6.07 Å². The zero-order chi connectivity index (χ0) is 10.7. The fourth-order valence-corrected chi connectivity index (χ4v) is 2.04. The first-order chi connectivity index (χ1) is 7.28. The van der Waals surface area contributed by atoms with Gasteiger partial charge in [0.25, 0.3) is 0 Å². The Morgan fingerprint density at radius 2 is 2.13 bits per heavy atom. The molecular formula is C12H16FNO. The molecule has 2 rings (SSSR count). The van der Waals surface area contributed by atoms with Crippen LogP contribution in [0.15, 0.2) is 24.3 Å². The van der Waals surface area contributed by atoms with Crippen LogP contribution in [0.4, 0.5) is 4.39 Å². The monoisotopic (exact) mass is 209 g/mol. The zero-order valence-electron chi connectivity index (χ0n) is 8.92. The van der Waals surface area contributed by atoms with Crippen molar-refractivity contribution in [1.82, 2.24) is 5.32 Å². The van der Waals surface area contributed by atoms with Crippen molar-refractivity contribution < 1.29 is 9.13 Å². The first kappa shape index (κ1) is 10.6. The van der Waals surface area contributed by atoms with E-state index in [0.717, 1.165) is 18.5 Å². The third-order valence-corrected chi connectivity index (χ3v) is 3.06. The van der Waals surface area contributed by atoms with Crippen LogP contribution in [0.5, 0.6) is 0 Å². The van der Waals surface area contributed by atoms with Gasteiger partial charge in [-0.05, 0) is 31.6 Å². The van der Waals surface area contributed by atoms with Gasteiger partial charge in [-0.15, -0.1) is 0 Å². The molecule has 1 saturated heterocycles. The van der Waals surface area contributed by atoms with Gasteiger partial charge in [-0.2, -0.15) is 0 Å². The van der Waals surface area contributed by atoms with Gasteiger partial charge in [-0.3, -0.25) is 0 Å². The number of nitrogens with one attached hydrogen (secondary N) is 1. The predicted molar refractivity (Wildman–Crippen MR) is 57.4 cm³/mol. The van der Waals surface area contributed by atoms with Gasteiger partial charge >= 0.3 is 0 Å². The highest BCUT2D eigenvalue weighted by atomic mass is 19.1.